The average molecular weight is 339 g/mol. The maximum absolute atomic E-state index is 5.74. The first-order valence-corrected chi connectivity index (χ1v) is 9.65. The van der Waals surface area contributed by atoms with Crippen LogP contribution in [0.3, 0.4) is 0 Å². The molecule has 0 saturated carbocycles. The van der Waals surface area contributed by atoms with E-state index in [0.29, 0.717) is 23.7 Å². The molecule has 1 unspecified atom stereocenters. The molecule has 0 radical (unpaired) electrons. The SMILES string of the molecule is CC(C)OC(C)C.CC1=C(/C=C/C(C)OC(C)C)C(C)(C)CCC1. The lowest BCUT2D eigenvalue weighted by Gasteiger charge is -2.33. The minimum Gasteiger partial charge on any atom is -0.376 e. The first-order valence-electron chi connectivity index (χ1n) is 9.65. The number of hydrogen-bond donors (Lipinski definition) is 0. The van der Waals surface area contributed by atoms with E-state index in [2.05, 4.69) is 53.7 Å². The molecule has 0 heterocycles. The summed E-state index contributed by atoms with van der Waals surface area (Å²) in [6, 6.07) is 0. The van der Waals surface area contributed by atoms with Gasteiger partial charge >= 0.3 is 0 Å². The third-order valence-electron chi connectivity index (χ3n) is 4.11. The van der Waals surface area contributed by atoms with Gasteiger partial charge in [0.25, 0.3) is 0 Å². The quantitative estimate of drug-likeness (QED) is 0.536. The highest BCUT2D eigenvalue weighted by molar-refractivity contribution is 5.32. The number of allylic oxidation sites excluding steroid dienone is 3. The third-order valence-corrected chi connectivity index (χ3v) is 4.11. The molecule has 2 heteroatoms. The standard InChI is InChI=1S/C16H28O.C6H14O/c1-12(2)17-14(4)9-10-15-13(3)8-7-11-16(15,5)6;1-5(2)7-6(3)4/h9-10,12,14H,7-8,11H2,1-6H3;5-6H,1-4H3/b10-9+;. The zero-order chi connectivity index (χ0) is 18.9. The van der Waals surface area contributed by atoms with Gasteiger partial charge in [-0.25, -0.2) is 0 Å². The van der Waals surface area contributed by atoms with Crippen molar-refractivity contribution in [2.75, 3.05) is 0 Å². The van der Waals surface area contributed by atoms with Gasteiger partial charge in [-0.1, -0.05) is 31.6 Å². The van der Waals surface area contributed by atoms with Gasteiger partial charge in [0.2, 0.25) is 0 Å². The highest BCUT2D eigenvalue weighted by atomic mass is 16.5. The van der Waals surface area contributed by atoms with Crippen molar-refractivity contribution in [2.24, 2.45) is 5.41 Å². The summed E-state index contributed by atoms with van der Waals surface area (Å²) >= 11 is 0. The minimum atomic E-state index is 0.202. The van der Waals surface area contributed by atoms with E-state index in [1.807, 2.05) is 27.7 Å². The highest BCUT2D eigenvalue weighted by Crippen LogP contribution is 2.40. The van der Waals surface area contributed by atoms with Crippen molar-refractivity contribution in [3.05, 3.63) is 23.3 Å². The number of hydrogen-bond acceptors (Lipinski definition) is 2. The Morgan fingerprint density at radius 2 is 1.38 bits per heavy atom. The summed E-state index contributed by atoms with van der Waals surface area (Å²) in [4.78, 5) is 0. The van der Waals surface area contributed by atoms with Gasteiger partial charge in [0, 0.05) is 0 Å². The van der Waals surface area contributed by atoms with Crippen molar-refractivity contribution in [1.29, 1.82) is 0 Å². The molecule has 0 aromatic rings. The largest absolute Gasteiger partial charge is 0.376 e. The fourth-order valence-corrected chi connectivity index (χ4v) is 3.26. The Kier molecular flexibility index (Phi) is 10.8. The Hall–Kier alpha value is -0.600. The van der Waals surface area contributed by atoms with Crippen LogP contribution in [0.25, 0.3) is 0 Å². The minimum absolute atomic E-state index is 0.202. The summed E-state index contributed by atoms with van der Waals surface area (Å²) in [6.07, 6.45) is 9.62. The van der Waals surface area contributed by atoms with Crippen molar-refractivity contribution in [1.82, 2.24) is 0 Å². The summed E-state index contributed by atoms with van der Waals surface area (Å²) in [5.41, 5.74) is 3.40. The van der Waals surface area contributed by atoms with E-state index >= 15 is 0 Å². The van der Waals surface area contributed by atoms with Gasteiger partial charge in [-0.3, -0.25) is 0 Å². The summed E-state index contributed by atoms with van der Waals surface area (Å²) in [6.45, 7) is 21.4. The van der Waals surface area contributed by atoms with E-state index in [1.54, 1.807) is 5.57 Å². The molecule has 0 spiro atoms. The topological polar surface area (TPSA) is 18.5 Å². The molecule has 0 amide bonds. The molecule has 0 aromatic heterocycles. The summed E-state index contributed by atoms with van der Waals surface area (Å²) in [7, 11) is 0. The Labute approximate surface area is 151 Å². The lowest BCUT2D eigenvalue weighted by atomic mass is 9.72. The van der Waals surface area contributed by atoms with Crippen LogP contribution >= 0.6 is 0 Å². The second-order valence-electron chi connectivity index (χ2n) is 8.41. The zero-order valence-corrected chi connectivity index (χ0v) is 17.9. The second-order valence-corrected chi connectivity index (χ2v) is 8.41. The Morgan fingerprint density at radius 3 is 1.75 bits per heavy atom. The third kappa shape index (κ3) is 10.3. The van der Waals surface area contributed by atoms with E-state index in [1.165, 1.54) is 24.8 Å². The number of ether oxygens (including phenoxy) is 2. The molecule has 1 aliphatic carbocycles. The molecule has 24 heavy (non-hydrogen) atoms. The smallest absolute Gasteiger partial charge is 0.0734 e. The molecular formula is C22H42O2. The first kappa shape index (κ1) is 23.4. The van der Waals surface area contributed by atoms with Crippen molar-refractivity contribution in [3.63, 3.8) is 0 Å². The molecule has 0 saturated heterocycles. The molecule has 1 rings (SSSR count). The highest BCUT2D eigenvalue weighted by Gasteiger charge is 2.26. The van der Waals surface area contributed by atoms with Gasteiger partial charge < -0.3 is 9.47 Å². The van der Waals surface area contributed by atoms with E-state index in [0.717, 1.165) is 0 Å². The summed E-state index contributed by atoms with van der Waals surface area (Å²) in [5.74, 6) is 0. The lowest BCUT2D eigenvalue weighted by Crippen LogP contribution is -2.19. The predicted molar refractivity (Wildman–Crippen MR) is 107 cm³/mol. The van der Waals surface area contributed by atoms with Gasteiger partial charge in [0.15, 0.2) is 0 Å². The van der Waals surface area contributed by atoms with E-state index < -0.39 is 0 Å². The van der Waals surface area contributed by atoms with Crippen LogP contribution in [0.5, 0.6) is 0 Å². The summed E-state index contributed by atoms with van der Waals surface area (Å²) in [5, 5.41) is 0. The fraction of sp³-hybridized carbons (Fsp3) is 0.818. The van der Waals surface area contributed by atoms with Gasteiger partial charge in [0.1, 0.15) is 0 Å². The van der Waals surface area contributed by atoms with Gasteiger partial charge in [-0.05, 0) is 85.6 Å². The number of rotatable bonds is 6. The maximum atomic E-state index is 5.74. The molecule has 0 bridgehead atoms. The van der Waals surface area contributed by atoms with Crippen LogP contribution in [0.15, 0.2) is 23.3 Å². The fourth-order valence-electron chi connectivity index (χ4n) is 3.26. The van der Waals surface area contributed by atoms with Crippen LogP contribution < -0.4 is 0 Å². The molecule has 142 valence electrons. The Morgan fingerprint density at radius 1 is 0.875 bits per heavy atom. The first-order chi connectivity index (χ1) is 11.0. The maximum Gasteiger partial charge on any atom is 0.0734 e. The van der Waals surface area contributed by atoms with E-state index in [-0.39, 0.29) is 6.10 Å². The zero-order valence-electron chi connectivity index (χ0n) is 17.9. The predicted octanol–water partition coefficient (Wildman–Crippen LogP) is 6.70. The summed E-state index contributed by atoms with van der Waals surface area (Å²) < 4.78 is 11.0. The molecule has 2 nitrogen and oxygen atoms in total. The van der Waals surface area contributed by atoms with Crippen LogP contribution in [0.2, 0.25) is 0 Å². The van der Waals surface area contributed by atoms with Crippen molar-refractivity contribution in [2.45, 2.75) is 113 Å². The second kappa shape index (κ2) is 11.1. The van der Waals surface area contributed by atoms with Crippen LogP contribution in [-0.4, -0.2) is 24.4 Å². The van der Waals surface area contributed by atoms with Gasteiger partial charge in [-0.15, -0.1) is 0 Å². The lowest BCUT2D eigenvalue weighted by molar-refractivity contribution is 0.0300. The van der Waals surface area contributed by atoms with Crippen LogP contribution in [-0.2, 0) is 9.47 Å². The molecule has 0 aromatic carbocycles. The van der Waals surface area contributed by atoms with Crippen LogP contribution in [0.4, 0.5) is 0 Å². The van der Waals surface area contributed by atoms with Crippen LogP contribution in [0, 0.1) is 5.41 Å². The molecule has 0 aliphatic heterocycles. The Balaban J connectivity index is 0.000000640. The normalized spacial score (nSPS) is 19.2. The van der Waals surface area contributed by atoms with Crippen molar-refractivity contribution >= 4 is 0 Å². The molecule has 1 aliphatic rings. The molecule has 0 fully saturated rings. The van der Waals surface area contributed by atoms with Gasteiger partial charge in [-0.2, -0.15) is 0 Å². The van der Waals surface area contributed by atoms with Crippen molar-refractivity contribution < 1.29 is 9.47 Å². The molecule has 0 N–H and O–H groups in total. The molecule has 1 atom stereocenters. The van der Waals surface area contributed by atoms with Crippen LogP contribution in [0.1, 0.15) is 88.5 Å². The Bertz CT molecular complexity index is 394. The monoisotopic (exact) mass is 338 g/mol. The molecular weight excluding hydrogens is 296 g/mol. The van der Waals surface area contributed by atoms with E-state index in [9.17, 15) is 0 Å². The average Bonchev–Trinajstić information content (AvgIpc) is 2.35. The van der Waals surface area contributed by atoms with Gasteiger partial charge in [0.05, 0.1) is 24.4 Å². The van der Waals surface area contributed by atoms with Crippen molar-refractivity contribution in [3.8, 4) is 0 Å². The van der Waals surface area contributed by atoms with E-state index in [4.69, 9.17) is 9.47 Å².